The molecule has 1 unspecified atom stereocenters. The number of Topliss-reactive ketones (excluding diaryl/α,β-unsaturated/α-hetero) is 1. The number of hydrogen-bond donors (Lipinski definition) is 0. The second-order valence-electron chi connectivity index (χ2n) is 10.1. The van der Waals surface area contributed by atoms with Crippen molar-refractivity contribution in [1.82, 2.24) is 9.80 Å². The summed E-state index contributed by atoms with van der Waals surface area (Å²) in [5.74, 6) is -0.106. The zero-order valence-corrected chi connectivity index (χ0v) is 20.6. The average Bonchev–Trinajstić information content (AvgIpc) is 3.09. The molecule has 7 nitrogen and oxygen atoms in total. The van der Waals surface area contributed by atoms with Crippen LogP contribution in [0.15, 0.2) is 30.3 Å². The molecule has 2 aromatic carbocycles. The van der Waals surface area contributed by atoms with Gasteiger partial charge in [-0.2, -0.15) is 0 Å². The third-order valence-corrected chi connectivity index (χ3v) is 7.86. The number of hydrogen-bond acceptors (Lipinski definition) is 5. The standard InChI is InChI=1S/C28H30N2O5/c1-5-18(4)30-26(33)20-7-6-19(14-21(20)27(30)34)25(32)29-10-8-28(9-11-29)15-23(31)22-12-16(2)17(3)13-24(22)35-28/h6-7,12-14,18H,5,8-11,15H2,1-4H3. The smallest absolute Gasteiger partial charge is 0.261 e. The molecule has 7 heteroatoms. The minimum absolute atomic E-state index is 0.0850. The number of rotatable bonds is 3. The van der Waals surface area contributed by atoms with E-state index in [0.29, 0.717) is 61.2 Å². The van der Waals surface area contributed by atoms with Gasteiger partial charge in [-0.25, -0.2) is 0 Å². The zero-order chi connectivity index (χ0) is 25.1. The Bertz CT molecular complexity index is 1270. The Hall–Kier alpha value is -3.48. The molecule has 3 amide bonds. The number of fused-ring (bicyclic) bond motifs is 2. The van der Waals surface area contributed by atoms with Gasteiger partial charge < -0.3 is 9.64 Å². The molecule has 1 saturated heterocycles. The fourth-order valence-corrected chi connectivity index (χ4v) is 5.30. The van der Waals surface area contributed by atoms with Crippen molar-refractivity contribution >= 4 is 23.5 Å². The lowest BCUT2D eigenvalue weighted by molar-refractivity contribution is -0.00577. The summed E-state index contributed by atoms with van der Waals surface area (Å²) in [6.45, 7) is 8.67. The van der Waals surface area contributed by atoms with Gasteiger partial charge in [0, 0.05) is 37.5 Å². The summed E-state index contributed by atoms with van der Waals surface area (Å²) in [6.07, 6.45) is 2.09. The van der Waals surface area contributed by atoms with E-state index in [9.17, 15) is 19.2 Å². The highest BCUT2D eigenvalue weighted by molar-refractivity contribution is 6.22. The number of likely N-dealkylation sites (tertiary alicyclic amines) is 1. The normalized spacial score (nSPS) is 19.5. The van der Waals surface area contributed by atoms with Crippen molar-refractivity contribution in [3.63, 3.8) is 0 Å². The fourth-order valence-electron chi connectivity index (χ4n) is 5.30. The van der Waals surface area contributed by atoms with Crippen LogP contribution in [0.2, 0.25) is 0 Å². The maximum atomic E-state index is 13.3. The molecular weight excluding hydrogens is 444 g/mol. The second kappa shape index (κ2) is 8.33. The molecule has 0 aliphatic carbocycles. The number of aryl methyl sites for hydroxylation is 2. The van der Waals surface area contributed by atoms with E-state index in [4.69, 9.17) is 4.74 Å². The van der Waals surface area contributed by atoms with E-state index in [1.165, 1.54) is 4.90 Å². The lowest BCUT2D eigenvalue weighted by atomic mass is 9.81. The van der Waals surface area contributed by atoms with E-state index in [1.54, 1.807) is 23.1 Å². The first-order valence-electron chi connectivity index (χ1n) is 12.3. The Morgan fingerprint density at radius 3 is 2.31 bits per heavy atom. The summed E-state index contributed by atoms with van der Waals surface area (Å²) in [5, 5.41) is 0. The molecule has 182 valence electrons. The molecule has 3 heterocycles. The number of ether oxygens (including phenoxy) is 1. The van der Waals surface area contributed by atoms with Crippen molar-refractivity contribution in [3.8, 4) is 5.75 Å². The fraction of sp³-hybridized carbons (Fsp3) is 0.429. The first kappa shape index (κ1) is 23.3. The third kappa shape index (κ3) is 3.74. The molecule has 0 aromatic heterocycles. The molecule has 0 N–H and O–H groups in total. The van der Waals surface area contributed by atoms with Crippen LogP contribution in [0.1, 0.15) is 92.1 Å². The van der Waals surface area contributed by atoms with E-state index in [0.717, 1.165) is 11.1 Å². The van der Waals surface area contributed by atoms with E-state index >= 15 is 0 Å². The average molecular weight is 475 g/mol. The van der Waals surface area contributed by atoms with E-state index in [1.807, 2.05) is 39.8 Å². The third-order valence-electron chi connectivity index (χ3n) is 7.86. The minimum atomic E-state index is -0.598. The molecule has 35 heavy (non-hydrogen) atoms. The lowest BCUT2D eigenvalue weighted by Crippen LogP contribution is -2.52. The van der Waals surface area contributed by atoms with Crippen LogP contribution in [0.4, 0.5) is 0 Å². The van der Waals surface area contributed by atoms with Crippen LogP contribution in [-0.2, 0) is 0 Å². The van der Waals surface area contributed by atoms with Gasteiger partial charge in [-0.1, -0.05) is 6.92 Å². The predicted molar refractivity (Wildman–Crippen MR) is 130 cm³/mol. The van der Waals surface area contributed by atoms with Gasteiger partial charge in [-0.15, -0.1) is 0 Å². The summed E-state index contributed by atoms with van der Waals surface area (Å²) < 4.78 is 6.39. The monoisotopic (exact) mass is 474 g/mol. The van der Waals surface area contributed by atoms with Crippen molar-refractivity contribution in [2.24, 2.45) is 0 Å². The quantitative estimate of drug-likeness (QED) is 0.618. The van der Waals surface area contributed by atoms with Crippen LogP contribution in [-0.4, -0.2) is 58.0 Å². The number of imide groups is 1. The molecule has 0 radical (unpaired) electrons. The molecule has 1 atom stereocenters. The Balaban J connectivity index is 1.31. The number of piperidine rings is 1. The number of ketones is 1. The Morgan fingerprint density at radius 2 is 1.63 bits per heavy atom. The summed E-state index contributed by atoms with van der Waals surface area (Å²) >= 11 is 0. The number of carbonyl (C=O) groups is 4. The van der Waals surface area contributed by atoms with Gasteiger partial charge in [0.25, 0.3) is 17.7 Å². The van der Waals surface area contributed by atoms with Gasteiger partial charge in [-0.3, -0.25) is 24.1 Å². The maximum Gasteiger partial charge on any atom is 0.261 e. The molecule has 1 fully saturated rings. The predicted octanol–water partition coefficient (Wildman–Crippen LogP) is 4.34. The highest BCUT2D eigenvalue weighted by atomic mass is 16.5. The van der Waals surface area contributed by atoms with Crippen molar-refractivity contribution in [2.45, 2.75) is 65.0 Å². The SMILES string of the molecule is CCC(C)N1C(=O)c2ccc(C(=O)N3CCC4(CC3)CC(=O)c3cc(C)c(C)cc3O4)cc2C1=O. The maximum absolute atomic E-state index is 13.3. The topological polar surface area (TPSA) is 84.0 Å². The van der Waals surface area contributed by atoms with Crippen LogP contribution >= 0.6 is 0 Å². The molecular formula is C28H30N2O5. The van der Waals surface area contributed by atoms with Gasteiger partial charge in [0.15, 0.2) is 5.78 Å². The minimum Gasteiger partial charge on any atom is -0.486 e. The molecule has 1 spiro atoms. The van der Waals surface area contributed by atoms with Crippen molar-refractivity contribution in [3.05, 3.63) is 63.7 Å². The Labute approximate surface area is 205 Å². The molecule has 3 aliphatic rings. The lowest BCUT2D eigenvalue weighted by Gasteiger charge is -2.44. The zero-order valence-electron chi connectivity index (χ0n) is 20.6. The van der Waals surface area contributed by atoms with E-state index < -0.39 is 5.60 Å². The van der Waals surface area contributed by atoms with Crippen molar-refractivity contribution in [1.29, 1.82) is 0 Å². The first-order chi connectivity index (χ1) is 16.6. The number of amides is 3. The Kier molecular flexibility index (Phi) is 5.54. The first-order valence-corrected chi connectivity index (χ1v) is 12.3. The summed E-state index contributed by atoms with van der Waals surface area (Å²) in [5.41, 5.74) is 3.22. The molecule has 5 rings (SSSR count). The van der Waals surface area contributed by atoms with Crippen LogP contribution in [0, 0.1) is 13.8 Å². The highest BCUT2D eigenvalue weighted by Gasteiger charge is 2.44. The van der Waals surface area contributed by atoms with Crippen molar-refractivity contribution < 1.29 is 23.9 Å². The Morgan fingerprint density at radius 1 is 0.971 bits per heavy atom. The summed E-state index contributed by atoms with van der Waals surface area (Å²) in [4.78, 5) is 54.8. The van der Waals surface area contributed by atoms with Gasteiger partial charge in [0.2, 0.25) is 0 Å². The summed E-state index contributed by atoms with van der Waals surface area (Å²) in [6, 6.07) is 8.40. The van der Waals surface area contributed by atoms with Gasteiger partial charge in [0.05, 0.1) is 23.1 Å². The van der Waals surface area contributed by atoms with Gasteiger partial charge in [0.1, 0.15) is 11.4 Å². The molecule has 0 bridgehead atoms. The van der Waals surface area contributed by atoms with Gasteiger partial charge >= 0.3 is 0 Å². The van der Waals surface area contributed by atoms with E-state index in [-0.39, 0.29) is 35.1 Å². The summed E-state index contributed by atoms with van der Waals surface area (Å²) in [7, 11) is 0. The van der Waals surface area contributed by atoms with E-state index in [2.05, 4.69) is 0 Å². The second-order valence-corrected chi connectivity index (χ2v) is 10.1. The van der Waals surface area contributed by atoms with Crippen molar-refractivity contribution in [2.75, 3.05) is 13.1 Å². The van der Waals surface area contributed by atoms with Crippen LogP contribution < -0.4 is 4.74 Å². The molecule has 0 saturated carbocycles. The highest BCUT2D eigenvalue weighted by Crippen LogP contribution is 2.40. The van der Waals surface area contributed by atoms with Gasteiger partial charge in [-0.05, 0) is 68.7 Å². The number of carbonyl (C=O) groups excluding carboxylic acids is 4. The molecule has 3 aliphatic heterocycles. The van der Waals surface area contributed by atoms with Crippen LogP contribution in [0.25, 0.3) is 0 Å². The van der Waals surface area contributed by atoms with Crippen LogP contribution in [0.5, 0.6) is 5.75 Å². The number of nitrogens with zero attached hydrogens (tertiary/aromatic N) is 2. The molecule has 2 aromatic rings. The largest absolute Gasteiger partial charge is 0.486 e. The van der Waals surface area contributed by atoms with Crippen LogP contribution in [0.3, 0.4) is 0 Å². The number of benzene rings is 2.